The first-order valence-electron chi connectivity index (χ1n) is 8.77. The highest BCUT2D eigenvalue weighted by Crippen LogP contribution is 2.34. The zero-order chi connectivity index (χ0) is 20.1. The van der Waals surface area contributed by atoms with E-state index in [9.17, 15) is 9.90 Å². The molecule has 0 spiro atoms. The fourth-order valence-corrected chi connectivity index (χ4v) is 3.88. The summed E-state index contributed by atoms with van der Waals surface area (Å²) in [7, 11) is 3.23. The highest BCUT2D eigenvalue weighted by molar-refractivity contribution is 8.13. The van der Waals surface area contributed by atoms with Crippen molar-refractivity contribution in [2.24, 2.45) is 15.9 Å². The largest absolute Gasteiger partial charge is 0.497 e. The summed E-state index contributed by atoms with van der Waals surface area (Å²) in [5.41, 5.74) is 2.49. The molecule has 0 saturated carbocycles. The maximum atomic E-state index is 11.8. The van der Waals surface area contributed by atoms with Gasteiger partial charge < -0.3 is 14.6 Å². The van der Waals surface area contributed by atoms with Gasteiger partial charge in [0.1, 0.15) is 17.4 Å². The summed E-state index contributed by atoms with van der Waals surface area (Å²) in [5.74, 6) is 0.507. The Morgan fingerprint density at radius 1 is 1.04 bits per heavy atom. The fraction of sp³-hybridized carbons (Fsp3) is 0.286. The van der Waals surface area contributed by atoms with Crippen molar-refractivity contribution in [2.75, 3.05) is 14.2 Å². The van der Waals surface area contributed by atoms with Crippen LogP contribution < -0.4 is 9.47 Å². The van der Waals surface area contributed by atoms with Crippen LogP contribution in [0.5, 0.6) is 11.5 Å². The molecule has 2 atom stereocenters. The predicted octanol–water partition coefficient (Wildman–Crippen LogP) is 4.21. The smallest absolute Gasteiger partial charge is 0.314 e. The Bertz CT molecular complexity index is 892. The van der Waals surface area contributed by atoms with E-state index in [0.29, 0.717) is 16.6 Å². The Morgan fingerprint density at radius 2 is 1.61 bits per heavy atom. The third-order valence-corrected chi connectivity index (χ3v) is 5.47. The summed E-state index contributed by atoms with van der Waals surface area (Å²) in [5, 5.41) is 10.3. The summed E-state index contributed by atoms with van der Waals surface area (Å²) in [4.78, 5) is 20.9. The van der Waals surface area contributed by atoms with E-state index in [-0.39, 0.29) is 0 Å². The van der Waals surface area contributed by atoms with Crippen molar-refractivity contribution >= 4 is 28.6 Å². The Hall–Kier alpha value is -2.80. The van der Waals surface area contributed by atoms with Crippen LogP contribution in [0.1, 0.15) is 24.1 Å². The molecule has 0 fully saturated rings. The minimum atomic E-state index is -0.926. The van der Waals surface area contributed by atoms with Crippen LogP contribution in [0.15, 0.2) is 58.5 Å². The summed E-state index contributed by atoms with van der Waals surface area (Å²) >= 11 is 1.49. The van der Waals surface area contributed by atoms with E-state index in [2.05, 4.69) is 9.98 Å². The van der Waals surface area contributed by atoms with Crippen LogP contribution in [-0.2, 0) is 10.5 Å². The lowest BCUT2D eigenvalue weighted by Crippen LogP contribution is -2.31. The molecule has 0 bridgehead atoms. The van der Waals surface area contributed by atoms with Gasteiger partial charge in [0.05, 0.1) is 20.3 Å². The van der Waals surface area contributed by atoms with E-state index in [4.69, 9.17) is 9.47 Å². The van der Waals surface area contributed by atoms with Crippen molar-refractivity contribution in [3.05, 3.63) is 59.7 Å². The lowest BCUT2D eigenvalue weighted by molar-refractivity contribution is -0.140. The molecule has 1 N–H and O–H groups in total. The Kier molecular flexibility index (Phi) is 6.36. The number of ether oxygens (including phenoxy) is 2. The third-order valence-electron chi connectivity index (χ3n) is 4.54. The molecule has 28 heavy (non-hydrogen) atoms. The molecule has 0 aliphatic carbocycles. The summed E-state index contributed by atoms with van der Waals surface area (Å²) in [6.45, 7) is 1.75. The van der Waals surface area contributed by atoms with Crippen LogP contribution in [-0.4, -0.2) is 36.2 Å². The number of rotatable bonds is 6. The van der Waals surface area contributed by atoms with E-state index in [1.807, 2.05) is 48.5 Å². The van der Waals surface area contributed by atoms with E-state index in [1.54, 1.807) is 21.1 Å². The van der Waals surface area contributed by atoms with Crippen LogP contribution in [0, 0.1) is 5.92 Å². The van der Waals surface area contributed by atoms with E-state index in [1.165, 1.54) is 11.8 Å². The van der Waals surface area contributed by atoms with Crippen molar-refractivity contribution in [1.29, 1.82) is 0 Å². The van der Waals surface area contributed by atoms with E-state index < -0.39 is 17.9 Å². The van der Waals surface area contributed by atoms with Gasteiger partial charge >= 0.3 is 5.97 Å². The molecule has 2 aromatic rings. The molecule has 1 aliphatic heterocycles. The maximum absolute atomic E-state index is 11.8. The van der Waals surface area contributed by atoms with Crippen molar-refractivity contribution < 1.29 is 19.4 Å². The molecule has 0 radical (unpaired) electrons. The first kappa shape index (κ1) is 19.9. The molecule has 0 saturated heterocycles. The summed E-state index contributed by atoms with van der Waals surface area (Å²) in [6, 6.07) is 14.6. The molecule has 7 heteroatoms. The number of nitrogens with zero attached hydrogens (tertiary/aromatic N) is 2. The zero-order valence-corrected chi connectivity index (χ0v) is 16.8. The minimum Gasteiger partial charge on any atom is -0.497 e. The van der Waals surface area contributed by atoms with Gasteiger partial charge in [-0.3, -0.25) is 9.79 Å². The maximum Gasteiger partial charge on any atom is 0.314 e. The highest BCUT2D eigenvalue weighted by Gasteiger charge is 2.35. The minimum absolute atomic E-state index is 0.515. The number of thioether (sulfide) groups is 1. The Balaban J connectivity index is 1.82. The molecule has 0 aromatic heterocycles. The quantitative estimate of drug-likeness (QED) is 0.788. The van der Waals surface area contributed by atoms with E-state index in [0.717, 1.165) is 22.6 Å². The zero-order valence-electron chi connectivity index (χ0n) is 16.0. The molecular weight excluding hydrogens is 376 g/mol. The average Bonchev–Trinajstić information content (AvgIpc) is 2.72. The number of benzene rings is 2. The lowest BCUT2D eigenvalue weighted by atomic mass is 9.89. The fourth-order valence-electron chi connectivity index (χ4n) is 2.99. The molecule has 0 amide bonds. The van der Waals surface area contributed by atoms with Crippen molar-refractivity contribution in [1.82, 2.24) is 0 Å². The highest BCUT2D eigenvalue weighted by atomic mass is 32.2. The number of aliphatic carboxylic acids is 1. The third kappa shape index (κ3) is 4.54. The second-order valence-corrected chi connectivity index (χ2v) is 7.28. The molecule has 2 aromatic carbocycles. The van der Waals surface area contributed by atoms with Crippen molar-refractivity contribution in [2.45, 2.75) is 18.7 Å². The standard InChI is InChI=1S/C21H22N2O4S/c1-13-18(20(24)25)19(15-6-10-17(27-3)11-7-15)23-21(22-13)28-12-14-4-8-16(26-2)9-5-14/h4-11,18-19H,12H2,1-3H3,(H,24,25). The van der Waals surface area contributed by atoms with Crippen LogP contribution in [0.3, 0.4) is 0 Å². The van der Waals surface area contributed by atoms with Crippen molar-refractivity contribution in [3.8, 4) is 11.5 Å². The van der Waals surface area contributed by atoms with Crippen LogP contribution in [0.4, 0.5) is 0 Å². The SMILES string of the molecule is COc1ccc(CSC2=NC(c3ccc(OC)cc3)C(C(=O)O)C(C)=N2)cc1. The number of hydrogen-bond acceptors (Lipinski definition) is 6. The number of hydrogen-bond donors (Lipinski definition) is 1. The summed E-state index contributed by atoms with van der Waals surface area (Å²) in [6.07, 6.45) is 0. The monoisotopic (exact) mass is 398 g/mol. The first-order valence-corrected chi connectivity index (χ1v) is 9.76. The van der Waals surface area contributed by atoms with E-state index >= 15 is 0 Å². The molecule has 3 rings (SSSR count). The number of methoxy groups -OCH3 is 2. The number of carbonyl (C=O) groups is 1. The second-order valence-electron chi connectivity index (χ2n) is 6.34. The average molecular weight is 398 g/mol. The van der Waals surface area contributed by atoms with Gasteiger partial charge in [-0.1, -0.05) is 36.0 Å². The Morgan fingerprint density at radius 3 is 2.14 bits per heavy atom. The van der Waals surface area contributed by atoms with Gasteiger partial charge in [0.15, 0.2) is 5.17 Å². The lowest BCUT2D eigenvalue weighted by Gasteiger charge is -2.25. The molecular formula is C21H22N2O4S. The van der Waals surface area contributed by atoms with Crippen LogP contribution in [0.2, 0.25) is 0 Å². The molecule has 6 nitrogen and oxygen atoms in total. The van der Waals surface area contributed by atoms with Gasteiger partial charge in [-0.15, -0.1) is 0 Å². The van der Waals surface area contributed by atoms with Crippen LogP contribution in [0.25, 0.3) is 0 Å². The molecule has 146 valence electrons. The molecule has 1 heterocycles. The number of carboxylic acids is 1. The predicted molar refractivity (Wildman–Crippen MR) is 112 cm³/mol. The molecule has 2 unspecified atom stereocenters. The van der Waals surface area contributed by atoms with Gasteiger partial charge in [-0.05, 0) is 42.3 Å². The topological polar surface area (TPSA) is 80.5 Å². The van der Waals surface area contributed by atoms with Gasteiger partial charge in [-0.25, -0.2) is 4.99 Å². The number of carboxylic acid groups (broad SMARTS) is 1. The van der Waals surface area contributed by atoms with Gasteiger partial charge in [0, 0.05) is 11.5 Å². The number of amidine groups is 1. The normalized spacial score (nSPS) is 18.8. The van der Waals surface area contributed by atoms with Crippen LogP contribution >= 0.6 is 11.8 Å². The van der Waals surface area contributed by atoms with Gasteiger partial charge in [0.25, 0.3) is 0 Å². The molecule has 1 aliphatic rings. The first-order chi connectivity index (χ1) is 13.5. The van der Waals surface area contributed by atoms with Gasteiger partial charge in [-0.2, -0.15) is 0 Å². The second kappa shape index (κ2) is 8.93. The summed E-state index contributed by atoms with van der Waals surface area (Å²) < 4.78 is 10.4. The van der Waals surface area contributed by atoms with Gasteiger partial charge in [0.2, 0.25) is 0 Å². The number of aliphatic imine (C=N–C) groups is 2. The Labute approximate surface area is 168 Å². The van der Waals surface area contributed by atoms with Crippen molar-refractivity contribution in [3.63, 3.8) is 0 Å².